The molecule has 2 aromatic rings. The van der Waals surface area contributed by atoms with Gasteiger partial charge in [0.25, 0.3) is 0 Å². The van der Waals surface area contributed by atoms with Gasteiger partial charge in [-0.15, -0.1) is 24.8 Å². The van der Waals surface area contributed by atoms with Crippen molar-refractivity contribution in [1.29, 1.82) is 0 Å². The van der Waals surface area contributed by atoms with E-state index in [0.29, 0.717) is 0 Å². The van der Waals surface area contributed by atoms with E-state index in [0.717, 1.165) is 36.7 Å². The highest BCUT2D eigenvalue weighted by molar-refractivity contribution is 5.85. The lowest BCUT2D eigenvalue weighted by molar-refractivity contribution is 0.462. The molecule has 0 aliphatic rings. The zero-order valence-electron chi connectivity index (χ0n) is 9.60. The highest BCUT2D eigenvalue weighted by Gasteiger charge is 1.98. The number of halogens is 2. The third kappa shape index (κ3) is 5.26. The SMILES string of the molecule is Cc1ccc(CNCCc2cnc[nH]2)o1.Cl.Cl. The van der Waals surface area contributed by atoms with Crippen LogP contribution in [0.1, 0.15) is 17.2 Å². The molecule has 0 spiro atoms. The van der Waals surface area contributed by atoms with Gasteiger partial charge in [0, 0.05) is 24.9 Å². The third-order valence-corrected chi connectivity index (χ3v) is 2.22. The van der Waals surface area contributed by atoms with Crippen molar-refractivity contribution in [3.8, 4) is 0 Å². The molecular formula is C11H17Cl2N3O. The minimum Gasteiger partial charge on any atom is -0.465 e. The lowest BCUT2D eigenvalue weighted by Crippen LogP contribution is -2.16. The van der Waals surface area contributed by atoms with E-state index in [1.54, 1.807) is 6.33 Å². The molecule has 0 aliphatic heterocycles. The molecule has 17 heavy (non-hydrogen) atoms. The third-order valence-electron chi connectivity index (χ3n) is 2.22. The van der Waals surface area contributed by atoms with Gasteiger partial charge in [-0.1, -0.05) is 0 Å². The molecule has 2 N–H and O–H groups in total. The van der Waals surface area contributed by atoms with E-state index in [9.17, 15) is 0 Å². The van der Waals surface area contributed by atoms with Crippen LogP contribution in [0.15, 0.2) is 29.1 Å². The van der Waals surface area contributed by atoms with Crippen LogP contribution in [-0.4, -0.2) is 16.5 Å². The van der Waals surface area contributed by atoms with Crippen LogP contribution >= 0.6 is 24.8 Å². The van der Waals surface area contributed by atoms with Crippen molar-refractivity contribution in [2.75, 3.05) is 6.54 Å². The van der Waals surface area contributed by atoms with Crippen LogP contribution in [0.3, 0.4) is 0 Å². The van der Waals surface area contributed by atoms with Gasteiger partial charge in [-0.05, 0) is 19.1 Å². The van der Waals surface area contributed by atoms with Crippen LogP contribution in [0.4, 0.5) is 0 Å². The Labute approximate surface area is 113 Å². The number of hydrogen-bond acceptors (Lipinski definition) is 3. The Bertz CT molecular complexity index is 401. The summed E-state index contributed by atoms with van der Waals surface area (Å²) in [6, 6.07) is 3.98. The number of aryl methyl sites for hydroxylation is 1. The molecule has 4 nitrogen and oxygen atoms in total. The Morgan fingerprint density at radius 1 is 1.35 bits per heavy atom. The average molecular weight is 278 g/mol. The van der Waals surface area contributed by atoms with Crippen LogP contribution in [0.2, 0.25) is 0 Å². The Morgan fingerprint density at radius 3 is 2.76 bits per heavy atom. The second kappa shape index (κ2) is 8.17. The molecule has 0 saturated heterocycles. The van der Waals surface area contributed by atoms with Crippen LogP contribution in [-0.2, 0) is 13.0 Å². The first-order chi connectivity index (χ1) is 7.34. The molecule has 0 amide bonds. The first-order valence-electron chi connectivity index (χ1n) is 5.08. The monoisotopic (exact) mass is 277 g/mol. The number of H-pyrrole nitrogens is 1. The predicted octanol–water partition coefficient (Wildman–Crippen LogP) is 2.49. The smallest absolute Gasteiger partial charge is 0.117 e. The Kier molecular flexibility index (Phi) is 7.70. The van der Waals surface area contributed by atoms with Gasteiger partial charge >= 0.3 is 0 Å². The van der Waals surface area contributed by atoms with Crippen molar-refractivity contribution >= 4 is 24.8 Å². The van der Waals surface area contributed by atoms with Gasteiger partial charge < -0.3 is 14.7 Å². The first kappa shape index (κ1) is 16.0. The van der Waals surface area contributed by atoms with Crippen LogP contribution < -0.4 is 5.32 Å². The summed E-state index contributed by atoms with van der Waals surface area (Å²) in [5.41, 5.74) is 1.15. The molecule has 0 saturated carbocycles. The van der Waals surface area contributed by atoms with E-state index in [-0.39, 0.29) is 24.8 Å². The van der Waals surface area contributed by atoms with Gasteiger partial charge in [0.2, 0.25) is 0 Å². The van der Waals surface area contributed by atoms with Crippen molar-refractivity contribution in [2.45, 2.75) is 19.9 Å². The fourth-order valence-electron chi connectivity index (χ4n) is 1.44. The van der Waals surface area contributed by atoms with E-state index in [1.807, 2.05) is 25.3 Å². The van der Waals surface area contributed by atoms with Gasteiger partial charge in [0.05, 0.1) is 12.9 Å². The van der Waals surface area contributed by atoms with Crippen molar-refractivity contribution in [1.82, 2.24) is 15.3 Å². The Morgan fingerprint density at radius 2 is 2.18 bits per heavy atom. The molecule has 0 radical (unpaired) electrons. The molecular weight excluding hydrogens is 261 g/mol. The number of aromatic amines is 1. The van der Waals surface area contributed by atoms with Crippen molar-refractivity contribution < 1.29 is 4.42 Å². The van der Waals surface area contributed by atoms with E-state index in [4.69, 9.17) is 4.42 Å². The average Bonchev–Trinajstić information content (AvgIpc) is 2.84. The maximum absolute atomic E-state index is 5.44. The Balaban J connectivity index is 0.00000128. The first-order valence-corrected chi connectivity index (χ1v) is 5.08. The zero-order valence-corrected chi connectivity index (χ0v) is 11.2. The zero-order chi connectivity index (χ0) is 10.5. The summed E-state index contributed by atoms with van der Waals surface area (Å²) in [6.07, 6.45) is 4.50. The van der Waals surface area contributed by atoms with Crippen LogP contribution in [0.25, 0.3) is 0 Å². The van der Waals surface area contributed by atoms with Gasteiger partial charge in [-0.2, -0.15) is 0 Å². The van der Waals surface area contributed by atoms with Gasteiger partial charge in [-0.25, -0.2) is 4.98 Å². The standard InChI is InChI=1S/C11H15N3O.2ClH/c1-9-2-3-11(15-9)7-12-5-4-10-6-13-8-14-10;;/h2-3,6,8,12H,4-5,7H2,1H3,(H,13,14);2*1H. The fourth-order valence-corrected chi connectivity index (χ4v) is 1.44. The van der Waals surface area contributed by atoms with Gasteiger partial charge in [0.15, 0.2) is 0 Å². The second-order valence-electron chi connectivity index (χ2n) is 3.52. The number of hydrogen-bond donors (Lipinski definition) is 2. The second-order valence-corrected chi connectivity index (χ2v) is 3.52. The summed E-state index contributed by atoms with van der Waals surface area (Å²) in [5, 5.41) is 3.31. The van der Waals surface area contributed by atoms with E-state index < -0.39 is 0 Å². The molecule has 0 bridgehead atoms. The maximum atomic E-state index is 5.44. The maximum Gasteiger partial charge on any atom is 0.117 e. The van der Waals surface area contributed by atoms with Crippen LogP contribution in [0, 0.1) is 6.92 Å². The van der Waals surface area contributed by atoms with E-state index in [2.05, 4.69) is 15.3 Å². The highest BCUT2D eigenvalue weighted by atomic mass is 35.5. The number of furan rings is 1. The molecule has 0 aliphatic carbocycles. The molecule has 2 aromatic heterocycles. The van der Waals surface area contributed by atoms with E-state index >= 15 is 0 Å². The number of imidazole rings is 1. The fraction of sp³-hybridized carbons (Fsp3) is 0.364. The minimum atomic E-state index is 0. The summed E-state index contributed by atoms with van der Waals surface area (Å²) < 4.78 is 5.44. The molecule has 2 heterocycles. The largest absolute Gasteiger partial charge is 0.465 e. The predicted molar refractivity (Wildman–Crippen MR) is 71.9 cm³/mol. The summed E-state index contributed by atoms with van der Waals surface area (Å²) >= 11 is 0. The lowest BCUT2D eigenvalue weighted by atomic mass is 10.3. The molecule has 0 atom stereocenters. The van der Waals surface area contributed by atoms with Crippen molar-refractivity contribution in [3.63, 3.8) is 0 Å². The summed E-state index contributed by atoms with van der Waals surface area (Å²) in [4.78, 5) is 7.03. The van der Waals surface area contributed by atoms with Gasteiger partial charge in [-0.3, -0.25) is 0 Å². The molecule has 0 fully saturated rings. The molecule has 6 heteroatoms. The molecule has 2 rings (SSSR count). The summed E-state index contributed by atoms with van der Waals surface area (Å²) in [7, 11) is 0. The highest BCUT2D eigenvalue weighted by Crippen LogP contribution is 2.05. The normalized spacial score (nSPS) is 9.47. The van der Waals surface area contributed by atoms with Crippen molar-refractivity contribution in [2.24, 2.45) is 0 Å². The topological polar surface area (TPSA) is 53.9 Å². The van der Waals surface area contributed by atoms with Crippen LogP contribution in [0.5, 0.6) is 0 Å². The number of rotatable bonds is 5. The Hall–Kier alpha value is -0.970. The number of nitrogens with one attached hydrogen (secondary N) is 2. The molecule has 0 unspecified atom stereocenters. The number of nitrogens with zero attached hydrogens (tertiary/aromatic N) is 1. The van der Waals surface area contributed by atoms with Gasteiger partial charge in [0.1, 0.15) is 11.5 Å². The summed E-state index contributed by atoms with van der Waals surface area (Å²) in [6.45, 7) is 3.65. The quantitative estimate of drug-likeness (QED) is 0.826. The minimum absolute atomic E-state index is 0. The summed E-state index contributed by atoms with van der Waals surface area (Å²) in [5.74, 6) is 1.94. The molecule has 96 valence electrons. The van der Waals surface area contributed by atoms with E-state index in [1.165, 1.54) is 0 Å². The van der Waals surface area contributed by atoms with Crippen molar-refractivity contribution in [3.05, 3.63) is 41.9 Å². The number of aromatic nitrogens is 2. The molecule has 0 aromatic carbocycles. The lowest BCUT2D eigenvalue weighted by Gasteiger charge is -2.00.